The van der Waals surface area contributed by atoms with E-state index in [0.717, 1.165) is 129 Å². The molecule has 8 nitrogen and oxygen atoms in total. The Kier molecular flexibility index (Phi) is 44.3. The number of unbranched alkanes of at least 4 members (excludes halogenated alkanes) is 24. The summed E-state index contributed by atoms with van der Waals surface area (Å²) in [5.74, 6) is 0. The van der Waals surface area contributed by atoms with Crippen molar-refractivity contribution in [2.24, 2.45) is 0 Å². The van der Waals surface area contributed by atoms with Gasteiger partial charge < -0.3 is 29.0 Å². The van der Waals surface area contributed by atoms with E-state index in [2.05, 4.69) is 32.6 Å². The number of carbonyl (C=O) groups excluding carboxylic acids is 2. The van der Waals surface area contributed by atoms with Gasteiger partial charge >= 0.3 is 12.3 Å². The number of nitrogens with zero attached hydrogens (tertiary/aromatic N) is 1. The number of aliphatic hydroxyl groups excluding tert-OH is 1. The highest BCUT2D eigenvalue weighted by atomic mass is 16.7. The van der Waals surface area contributed by atoms with Gasteiger partial charge in [0.15, 0.2) is 0 Å². The topological polar surface area (TPSA) is 94.5 Å². The molecule has 1 N–H and O–H groups in total. The third kappa shape index (κ3) is 41.0. The number of rotatable bonds is 45. The zero-order valence-corrected chi connectivity index (χ0v) is 38.5. The zero-order chi connectivity index (χ0) is 41.7. The molecular weight excluding hydrogens is 715 g/mol. The molecule has 0 amide bonds. The van der Waals surface area contributed by atoms with Crippen LogP contribution in [0.4, 0.5) is 9.59 Å². The minimum absolute atomic E-state index is 0.00593. The summed E-state index contributed by atoms with van der Waals surface area (Å²) in [6, 6.07) is 0. The van der Waals surface area contributed by atoms with E-state index in [1.165, 1.54) is 116 Å². The SMILES string of the molecule is CCCCCCCCC(CCCCCC)OC(=O)OCCCCCCCN(CCCO)CCCCCCCOC(=O)OC(CCCCCC)CCCCCCCC. The van der Waals surface area contributed by atoms with Crippen molar-refractivity contribution in [1.29, 1.82) is 0 Å². The second-order valence-corrected chi connectivity index (χ2v) is 16.9. The molecule has 0 aliphatic rings. The molecule has 0 saturated heterocycles. The van der Waals surface area contributed by atoms with Crippen molar-refractivity contribution in [3.63, 3.8) is 0 Å². The molecule has 0 rings (SSSR count). The van der Waals surface area contributed by atoms with Crippen LogP contribution in [-0.2, 0) is 18.9 Å². The summed E-state index contributed by atoms with van der Waals surface area (Å²) < 4.78 is 22.5. The standard InChI is InChI=1S/C49H97NO7/c1-5-9-13-17-21-29-38-46(36-27-15-11-7-3)56-48(52)54-44-33-25-19-23-31-40-50(42-35-43-51)41-32-24-20-26-34-45-55-49(53)57-47(37-28-16-12-8-4)39-30-22-18-14-10-6-2/h46-47,51H,5-45H2,1-4H3. The lowest BCUT2D eigenvalue weighted by Crippen LogP contribution is -2.27. The fourth-order valence-corrected chi connectivity index (χ4v) is 7.64. The first kappa shape index (κ1) is 55.5. The summed E-state index contributed by atoms with van der Waals surface area (Å²) in [4.78, 5) is 27.4. The summed E-state index contributed by atoms with van der Waals surface area (Å²) in [6.45, 7) is 13.1. The number of hydrogen-bond donors (Lipinski definition) is 1. The summed E-state index contributed by atoms with van der Waals surface area (Å²) >= 11 is 0. The molecule has 0 fully saturated rings. The third-order valence-corrected chi connectivity index (χ3v) is 11.4. The largest absolute Gasteiger partial charge is 0.508 e. The van der Waals surface area contributed by atoms with Crippen LogP contribution in [0.15, 0.2) is 0 Å². The minimum Gasteiger partial charge on any atom is -0.434 e. The van der Waals surface area contributed by atoms with Gasteiger partial charge in [-0.1, -0.05) is 169 Å². The average Bonchev–Trinajstić information content (AvgIpc) is 3.21. The van der Waals surface area contributed by atoms with Gasteiger partial charge in [-0.3, -0.25) is 0 Å². The van der Waals surface area contributed by atoms with Gasteiger partial charge in [-0.15, -0.1) is 0 Å². The van der Waals surface area contributed by atoms with Crippen LogP contribution in [0.5, 0.6) is 0 Å². The van der Waals surface area contributed by atoms with E-state index in [1.54, 1.807) is 0 Å². The van der Waals surface area contributed by atoms with Gasteiger partial charge in [-0.2, -0.15) is 0 Å². The zero-order valence-electron chi connectivity index (χ0n) is 38.5. The molecule has 0 aromatic heterocycles. The van der Waals surface area contributed by atoms with Gasteiger partial charge in [0.2, 0.25) is 0 Å². The van der Waals surface area contributed by atoms with Crippen LogP contribution >= 0.6 is 0 Å². The summed E-state index contributed by atoms with van der Waals surface area (Å²) in [7, 11) is 0. The first-order valence-corrected chi connectivity index (χ1v) is 25.0. The highest BCUT2D eigenvalue weighted by Gasteiger charge is 2.17. The Morgan fingerprint density at radius 1 is 0.386 bits per heavy atom. The molecule has 0 saturated carbocycles. The van der Waals surface area contributed by atoms with Crippen LogP contribution in [0, 0.1) is 0 Å². The lowest BCUT2D eigenvalue weighted by Gasteiger charge is -2.22. The Bertz CT molecular complexity index is 766. The Labute approximate surface area is 354 Å². The third-order valence-electron chi connectivity index (χ3n) is 11.4. The fraction of sp³-hybridized carbons (Fsp3) is 0.959. The summed E-state index contributed by atoms with van der Waals surface area (Å²) in [5.41, 5.74) is 0. The quantitative estimate of drug-likeness (QED) is 0.0480. The molecule has 2 atom stereocenters. The van der Waals surface area contributed by atoms with Crippen LogP contribution in [0.1, 0.15) is 252 Å². The fourth-order valence-electron chi connectivity index (χ4n) is 7.64. The van der Waals surface area contributed by atoms with Crippen molar-refractivity contribution in [2.45, 2.75) is 265 Å². The Morgan fingerprint density at radius 2 is 0.667 bits per heavy atom. The normalized spacial score (nSPS) is 12.5. The maximum absolute atomic E-state index is 12.4. The Hall–Kier alpha value is -1.54. The second-order valence-electron chi connectivity index (χ2n) is 16.9. The van der Waals surface area contributed by atoms with E-state index in [0.29, 0.717) is 13.2 Å². The maximum Gasteiger partial charge on any atom is 0.508 e. The Balaban J connectivity index is 4.14. The van der Waals surface area contributed by atoms with Crippen LogP contribution < -0.4 is 0 Å². The summed E-state index contributed by atoms with van der Waals surface area (Å²) in [5, 5.41) is 9.42. The average molecular weight is 812 g/mol. The number of ether oxygens (including phenoxy) is 4. The van der Waals surface area contributed by atoms with Gasteiger partial charge in [0, 0.05) is 13.2 Å². The lowest BCUT2D eigenvalue weighted by molar-refractivity contribution is 0.0145. The molecule has 340 valence electrons. The van der Waals surface area contributed by atoms with Crippen molar-refractivity contribution in [1.82, 2.24) is 4.90 Å². The Morgan fingerprint density at radius 3 is 1.02 bits per heavy atom. The smallest absolute Gasteiger partial charge is 0.434 e. The molecule has 0 radical (unpaired) electrons. The molecule has 0 spiro atoms. The van der Waals surface area contributed by atoms with E-state index in [9.17, 15) is 14.7 Å². The first-order chi connectivity index (χ1) is 28.0. The lowest BCUT2D eigenvalue weighted by atomic mass is 10.0. The molecule has 0 bridgehead atoms. The molecule has 2 unspecified atom stereocenters. The van der Waals surface area contributed by atoms with Gasteiger partial charge in [-0.05, 0) is 96.6 Å². The van der Waals surface area contributed by atoms with Crippen LogP contribution in [0.25, 0.3) is 0 Å². The van der Waals surface area contributed by atoms with E-state index < -0.39 is 12.3 Å². The molecule has 0 aromatic carbocycles. The molecule has 0 aliphatic carbocycles. The van der Waals surface area contributed by atoms with Gasteiger partial charge in [0.25, 0.3) is 0 Å². The number of hydrogen-bond acceptors (Lipinski definition) is 8. The van der Waals surface area contributed by atoms with Gasteiger partial charge in [0.05, 0.1) is 13.2 Å². The van der Waals surface area contributed by atoms with Crippen LogP contribution in [-0.4, -0.2) is 74.0 Å². The predicted molar refractivity (Wildman–Crippen MR) is 240 cm³/mol. The van der Waals surface area contributed by atoms with E-state index in [-0.39, 0.29) is 18.8 Å². The van der Waals surface area contributed by atoms with E-state index in [1.807, 2.05) is 0 Å². The number of aliphatic hydroxyl groups is 1. The first-order valence-electron chi connectivity index (χ1n) is 25.0. The number of carbonyl (C=O) groups is 2. The molecule has 0 heterocycles. The van der Waals surface area contributed by atoms with Gasteiger partial charge in [0.1, 0.15) is 12.2 Å². The minimum atomic E-state index is -0.482. The van der Waals surface area contributed by atoms with Crippen LogP contribution in [0.2, 0.25) is 0 Å². The van der Waals surface area contributed by atoms with Crippen molar-refractivity contribution in [3.8, 4) is 0 Å². The van der Waals surface area contributed by atoms with Crippen molar-refractivity contribution in [3.05, 3.63) is 0 Å². The van der Waals surface area contributed by atoms with Crippen molar-refractivity contribution < 1.29 is 33.6 Å². The molecule has 0 aliphatic heterocycles. The second kappa shape index (κ2) is 45.5. The highest BCUT2D eigenvalue weighted by molar-refractivity contribution is 5.60. The van der Waals surface area contributed by atoms with Crippen LogP contribution in [0.3, 0.4) is 0 Å². The monoisotopic (exact) mass is 812 g/mol. The van der Waals surface area contributed by atoms with E-state index in [4.69, 9.17) is 18.9 Å². The predicted octanol–water partition coefficient (Wildman–Crippen LogP) is 15.1. The molecule has 0 aromatic rings. The highest BCUT2D eigenvalue weighted by Crippen LogP contribution is 2.19. The van der Waals surface area contributed by atoms with Crippen molar-refractivity contribution >= 4 is 12.3 Å². The molecule has 8 heteroatoms. The van der Waals surface area contributed by atoms with Crippen molar-refractivity contribution in [2.75, 3.05) is 39.5 Å². The maximum atomic E-state index is 12.4. The van der Waals surface area contributed by atoms with Gasteiger partial charge in [-0.25, -0.2) is 9.59 Å². The molecule has 57 heavy (non-hydrogen) atoms. The molecular formula is C49H97NO7. The van der Waals surface area contributed by atoms with E-state index >= 15 is 0 Å². The summed E-state index contributed by atoms with van der Waals surface area (Å²) in [6.07, 6.45) is 39.0.